The molecule has 108 valence electrons. The Hall–Kier alpha value is -1.43. The van der Waals surface area contributed by atoms with Crippen molar-refractivity contribution in [2.75, 3.05) is 18.9 Å². The number of hydrogen-bond donors (Lipinski definition) is 2. The summed E-state index contributed by atoms with van der Waals surface area (Å²) in [6.07, 6.45) is 1.79. The normalized spacial score (nSPS) is 11.5. The minimum Gasteiger partial charge on any atom is -0.319 e. The number of nitrogens with one attached hydrogen (secondary N) is 2. The predicted molar refractivity (Wildman–Crippen MR) is 86.5 cm³/mol. The second kappa shape index (κ2) is 7.99. The van der Waals surface area contributed by atoms with Crippen LogP contribution in [0.15, 0.2) is 36.5 Å². The summed E-state index contributed by atoms with van der Waals surface area (Å²) in [6.45, 7) is 2.54. The molecule has 1 atom stereocenters. The highest BCUT2D eigenvalue weighted by Crippen LogP contribution is 2.28. The molecule has 0 saturated carbocycles. The van der Waals surface area contributed by atoms with Crippen molar-refractivity contribution in [2.24, 2.45) is 5.92 Å². The van der Waals surface area contributed by atoms with Crippen LogP contribution in [0.4, 0.5) is 5.13 Å². The minimum absolute atomic E-state index is 0. The maximum absolute atomic E-state index is 11.9. The van der Waals surface area contributed by atoms with Gasteiger partial charge in [0.1, 0.15) is 0 Å². The molecule has 1 heterocycles. The van der Waals surface area contributed by atoms with Crippen molar-refractivity contribution >= 4 is 34.8 Å². The fourth-order valence-electron chi connectivity index (χ4n) is 1.70. The van der Waals surface area contributed by atoms with Crippen molar-refractivity contribution in [1.29, 1.82) is 0 Å². The van der Waals surface area contributed by atoms with Crippen molar-refractivity contribution in [2.45, 2.75) is 6.92 Å². The van der Waals surface area contributed by atoms with Gasteiger partial charge in [-0.15, -0.1) is 12.4 Å². The number of thiazole rings is 1. The quantitative estimate of drug-likeness (QED) is 0.892. The maximum atomic E-state index is 11.9. The van der Waals surface area contributed by atoms with E-state index in [9.17, 15) is 4.79 Å². The van der Waals surface area contributed by atoms with Gasteiger partial charge in [0.05, 0.1) is 4.88 Å². The summed E-state index contributed by atoms with van der Waals surface area (Å²) in [4.78, 5) is 17.2. The van der Waals surface area contributed by atoms with Crippen molar-refractivity contribution < 1.29 is 4.79 Å². The van der Waals surface area contributed by atoms with Crippen molar-refractivity contribution in [3.8, 4) is 10.4 Å². The van der Waals surface area contributed by atoms with Crippen molar-refractivity contribution in [3.63, 3.8) is 0 Å². The Balaban J connectivity index is 0.00000200. The predicted octanol–water partition coefficient (Wildman–Crippen LogP) is 3.03. The van der Waals surface area contributed by atoms with Gasteiger partial charge in [-0.3, -0.25) is 4.79 Å². The number of carbonyl (C=O) groups excluding carboxylic acids is 1. The van der Waals surface area contributed by atoms with Gasteiger partial charge in [0.15, 0.2) is 5.13 Å². The second-order valence-corrected chi connectivity index (χ2v) is 5.37. The first-order valence-corrected chi connectivity index (χ1v) is 6.99. The number of aromatic nitrogens is 1. The number of amides is 1. The van der Waals surface area contributed by atoms with Crippen LogP contribution in [0.3, 0.4) is 0 Å². The molecule has 0 bridgehead atoms. The van der Waals surface area contributed by atoms with E-state index in [2.05, 4.69) is 15.6 Å². The lowest BCUT2D eigenvalue weighted by atomic mass is 10.2. The third-order valence-electron chi connectivity index (χ3n) is 2.75. The Labute approximate surface area is 129 Å². The van der Waals surface area contributed by atoms with Gasteiger partial charge in [0.25, 0.3) is 0 Å². The third-order valence-corrected chi connectivity index (χ3v) is 3.71. The first kappa shape index (κ1) is 16.6. The summed E-state index contributed by atoms with van der Waals surface area (Å²) >= 11 is 1.49. The molecule has 0 spiro atoms. The average Bonchev–Trinajstić information content (AvgIpc) is 2.88. The van der Waals surface area contributed by atoms with Gasteiger partial charge in [0, 0.05) is 18.7 Å². The van der Waals surface area contributed by atoms with Crippen LogP contribution in [-0.2, 0) is 4.79 Å². The molecule has 1 aromatic heterocycles. The molecule has 0 saturated heterocycles. The molecule has 6 heteroatoms. The van der Waals surface area contributed by atoms with Gasteiger partial charge in [0.2, 0.25) is 5.91 Å². The summed E-state index contributed by atoms with van der Waals surface area (Å²) < 4.78 is 0. The molecular formula is C14H18ClN3OS. The van der Waals surface area contributed by atoms with Gasteiger partial charge in [-0.25, -0.2) is 4.98 Å². The van der Waals surface area contributed by atoms with Crippen molar-refractivity contribution in [1.82, 2.24) is 10.3 Å². The van der Waals surface area contributed by atoms with E-state index >= 15 is 0 Å². The van der Waals surface area contributed by atoms with E-state index in [1.165, 1.54) is 11.3 Å². The zero-order valence-corrected chi connectivity index (χ0v) is 13.1. The van der Waals surface area contributed by atoms with Gasteiger partial charge >= 0.3 is 0 Å². The number of hydrogen-bond acceptors (Lipinski definition) is 4. The minimum atomic E-state index is -0.0749. The lowest BCUT2D eigenvalue weighted by Gasteiger charge is -2.09. The number of halogens is 1. The van der Waals surface area contributed by atoms with Gasteiger partial charge < -0.3 is 10.6 Å². The van der Waals surface area contributed by atoms with E-state index in [1.54, 1.807) is 6.20 Å². The molecule has 2 rings (SSSR count). The molecule has 4 nitrogen and oxygen atoms in total. The van der Waals surface area contributed by atoms with Gasteiger partial charge in [-0.05, 0) is 12.6 Å². The molecule has 0 fully saturated rings. The Kier molecular flexibility index (Phi) is 6.64. The number of carbonyl (C=O) groups is 1. The van der Waals surface area contributed by atoms with Crippen LogP contribution in [0.2, 0.25) is 0 Å². The van der Waals surface area contributed by atoms with E-state index in [0.29, 0.717) is 11.7 Å². The van der Waals surface area contributed by atoms with E-state index < -0.39 is 0 Å². The van der Waals surface area contributed by atoms with Gasteiger partial charge in [-0.1, -0.05) is 48.6 Å². The first-order chi connectivity index (χ1) is 9.20. The highest BCUT2D eigenvalue weighted by molar-refractivity contribution is 7.19. The third kappa shape index (κ3) is 4.30. The lowest BCUT2D eigenvalue weighted by molar-refractivity contribution is -0.119. The second-order valence-electron chi connectivity index (χ2n) is 4.34. The molecular weight excluding hydrogens is 294 g/mol. The smallest absolute Gasteiger partial charge is 0.230 e. The summed E-state index contributed by atoms with van der Waals surface area (Å²) in [5, 5.41) is 6.48. The van der Waals surface area contributed by atoms with Crippen LogP contribution in [0.25, 0.3) is 10.4 Å². The largest absolute Gasteiger partial charge is 0.319 e. The topological polar surface area (TPSA) is 54.0 Å². The monoisotopic (exact) mass is 311 g/mol. The molecule has 0 radical (unpaired) electrons. The zero-order chi connectivity index (χ0) is 13.7. The molecule has 0 aliphatic carbocycles. The molecule has 1 unspecified atom stereocenters. The summed E-state index contributed by atoms with van der Waals surface area (Å²) in [5.41, 5.74) is 1.11. The molecule has 2 aromatic rings. The molecule has 0 aliphatic heterocycles. The van der Waals surface area contributed by atoms with Crippen LogP contribution in [0.5, 0.6) is 0 Å². The molecule has 1 amide bonds. The van der Waals surface area contributed by atoms with Crippen molar-refractivity contribution in [3.05, 3.63) is 36.5 Å². The number of anilines is 1. The maximum Gasteiger partial charge on any atom is 0.230 e. The molecule has 2 N–H and O–H groups in total. The first-order valence-electron chi connectivity index (χ1n) is 6.17. The highest BCUT2D eigenvalue weighted by atomic mass is 35.5. The molecule has 0 aliphatic rings. The highest BCUT2D eigenvalue weighted by Gasteiger charge is 2.13. The van der Waals surface area contributed by atoms with Crippen LogP contribution in [0.1, 0.15) is 6.92 Å². The van der Waals surface area contributed by atoms with Gasteiger partial charge in [-0.2, -0.15) is 0 Å². The van der Waals surface area contributed by atoms with E-state index in [1.807, 2.05) is 44.3 Å². The Morgan fingerprint density at radius 3 is 2.70 bits per heavy atom. The fourth-order valence-corrected chi connectivity index (χ4v) is 2.52. The number of nitrogens with zero attached hydrogens (tertiary/aromatic N) is 1. The Morgan fingerprint density at radius 1 is 1.35 bits per heavy atom. The summed E-state index contributed by atoms with van der Waals surface area (Å²) in [5.74, 6) is -0.0858. The average molecular weight is 312 g/mol. The number of benzene rings is 1. The Morgan fingerprint density at radius 2 is 2.05 bits per heavy atom. The Bertz CT molecular complexity index is 544. The summed E-state index contributed by atoms with van der Waals surface area (Å²) in [7, 11) is 1.83. The van der Waals surface area contributed by atoms with Crippen LogP contribution < -0.4 is 10.6 Å². The fraction of sp³-hybridized carbons (Fsp3) is 0.286. The van der Waals surface area contributed by atoms with E-state index in [-0.39, 0.29) is 24.2 Å². The standard InChI is InChI=1S/C14H17N3OS.ClH/c1-10(8-15-2)13(18)17-14-16-9-12(19-14)11-6-4-3-5-7-11;/h3-7,9-10,15H,8H2,1-2H3,(H,16,17,18);1H. The lowest BCUT2D eigenvalue weighted by Crippen LogP contribution is -2.28. The summed E-state index contributed by atoms with van der Waals surface area (Å²) in [6, 6.07) is 10.0. The van der Waals surface area contributed by atoms with E-state index in [4.69, 9.17) is 0 Å². The molecule has 20 heavy (non-hydrogen) atoms. The SMILES string of the molecule is CNCC(C)C(=O)Nc1ncc(-c2ccccc2)s1.Cl. The number of rotatable bonds is 5. The van der Waals surface area contributed by atoms with Crippen LogP contribution >= 0.6 is 23.7 Å². The zero-order valence-electron chi connectivity index (χ0n) is 11.4. The van der Waals surface area contributed by atoms with E-state index in [0.717, 1.165) is 10.4 Å². The van der Waals surface area contributed by atoms with Crippen LogP contribution in [-0.4, -0.2) is 24.5 Å². The van der Waals surface area contributed by atoms with Crippen LogP contribution in [0, 0.1) is 5.92 Å². The molecule has 1 aromatic carbocycles.